The van der Waals surface area contributed by atoms with Crippen molar-refractivity contribution in [1.82, 2.24) is 14.5 Å². The van der Waals surface area contributed by atoms with Gasteiger partial charge in [0.25, 0.3) is 0 Å². The number of hydrogen-bond donors (Lipinski definition) is 0. The molecule has 0 amide bonds. The molecule has 2 rings (SSSR count). The van der Waals surface area contributed by atoms with Gasteiger partial charge in [-0.2, -0.15) is 0 Å². The van der Waals surface area contributed by atoms with E-state index in [0.29, 0.717) is 0 Å². The van der Waals surface area contributed by atoms with Crippen molar-refractivity contribution in [3.63, 3.8) is 0 Å². The van der Waals surface area contributed by atoms with E-state index in [4.69, 9.17) is 0 Å². The monoisotopic (exact) mass is 321 g/mol. The van der Waals surface area contributed by atoms with Crippen LogP contribution in [0.5, 0.6) is 0 Å². The van der Waals surface area contributed by atoms with Gasteiger partial charge in [0.1, 0.15) is 5.82 Å². The van der Waals surface area contributed by atoms with E-state index in [1.165, 1.54) is 5.56 Å². The van der Waals surface area contributed by atoms with E-state index in [0.717, 1.165) is 36.2 Å². The van der Waals surface area contributed by atoms with Crippen LogP contribution < -0.4 is 0 Å². The van der Waals surface area contributed by atoms with Crippen LogP contribution in [0.4, 0.5) is 0 Å². The van der Waals surface area contributed by atoms with Crippen LogP contribution in [0.1, 0.15) is 17.8 Å². The van der Waals surface area contributed by atoms with Crippen molar-refractivity contribution in [3.05, 3.63) is 52.5 Å². The van der Waals surface area contributed by atoms with Gasteiger partial charge in [0.05, 0.1) is 0 Å². The molecular formula is C15H20BrN3. The quantitative estimate of drug-likeness (QED) is 0.814. The lowest BCUT2D eigenvalue weighted by Gasteiger charge is -2.11. The Morgan fingerprint density at radius 3 is 2.63 bits per heavy atom. The van der Waals surface area contributed by atoms with E-state index in [1.54, 1.807) is 0 Å². The van der Waals surface area contributed by atoms with Gasteiger partial charge in [-0.15, -0.1) is 0 Å². The van der Waals surface area contributed by atoms with Crippen molar-refractivity contribution in [2.45, 2.75) is 19.4 Å². The second kappa shape index (κ2) is 6.87. The molecule has 0 unspecified atom stereocenters. The van der Waals surface area contributed by atoms with Crippen molar-refractivity contribution in [3.8, 4) is 0 Å². The van der Waals surface area contributed by atoms with E-state index in [1.807, 2.05) is 6.20 Å². The fourth-order valence-electron chi connectivity index (χ4n) is 2.05. The molecule has 0 radical (unpaired) electrons. The Kier molecular flexibility index (Phi) is 5.16. The maximum atomic E-state index is 4.47. The van der Waals surface area contributed by atoms with Gasteiger partial charge in [0, 0.05) is 29.8 Å². The molecule has 1 heterocycles. The average Bonchev–Trinajstić information content (AvgIpc) is 2.79. The van der Waals surface area contributed by atoms with Crippen LogP contribution in [0.15, 0.2) is 41.1 Å². The SMILES string of the molecule is CN(C)CCCn1ccnc1Cc1ccc(Br)cc1. The molecule has 3 nitrogen and oxygen atoms in total. The van der Waals surface area contributed by atoms with Crippen molar-refractivity contribution in [2.75, 3.05) is 20.6 Å². The topological polar surface area (TPSA) is 21.1 Å². The highest BCUT2D eigenvalue weighted by Gasteiger charge is 2.04. The molecule has 0 fully saturated rings. The highest BCUT2D eigenvalue weighted by molar-refractivity contribution is 9.10. The number of rotatable bonds is 6. The van der Waals surface area contributed by atoms with Gasteiger partial charge in [-0.1, -0.05) is 28.1 Å². The Labute approximate surface area is 123 Å². The molecule has 1 aromatic carbocycles. The largest absolute Gasteiger partial charge is 0.335 e. The summed E-state index contributed by atoms with van der Waals surface area (Å²) in [6, 6.07) is 8.44. The number of aromatic nitrogens is 2. The molecule has 0 N–H and O–H groups in total. The van der Waals surface area contributed by atoms with Crippen LogP contribution in [0.25, 0.3) is 0 Å². The zero-order valence-electron chi connectivity index (χ0n) is 11.5. The molecule has 0 aliphatic carbocycles. The van der Waals surface area contributed by atoms with E-state index in [-0.39, 0.29) is 0 Å². The molecule has 0 saturated carbocycles. The van der Waals surface area contributed by atoms with Gasteiger partial charge in [0.15, 0.2) is 0 Å². The first kappa shape index (κ1) is 14.3. The molecule has 2 aromatic rings. The lowest BCUT2D eigenvalue weighted by molar-refractivity contribution is 0.385. The van der Waals surface area contributed by atoms with Gasteiger partial charge in [-0.3, -0.25) is 0 Å². The molecule has 0 bridgehead atoms. The minimum absolute atomic E-state index is 0.891. The van der Waals surface area contributed by atoms with Crippen LogP contribution in [0.2, 0.25) is 0 Å². The number of imidazole rings is 1. The van der Waals surface area contributed by atoms with Gasteiger partial charge >= 0.3 is 0 Å². The maximum absolute atomic E-state index is 4.47. The summed E-state index contributed by atoms with van der Waals surface area (Å²) in [5, 5.41) is 0. The molecule has 102 valence electrons. The molecule has 19 heavy (non-hydrogen) atoms. The third-order valence-corrected chi connectivity index (χ3v) is 3.61. The van der Waals surface area contributed by atoms with Gasteiger partial charge in [-0.25, -0.2) is 4.98 Å². The molecule has 0 spiro atoms. The molecule has 1 aromatic heterocycles. The second-order valence-electron chi connectivity index (χ2n) is 5.00. The number of aryl methyl sites for hydroxylation is 1. The molecule has 4 heteroatoms. The summed E-state index contributed by atoms with van der Waals surface area (Å²) < 4.78 is 3.37. The summed E-state index contributed by atoms with van der Waals surface area (Å²) in [6.45, 7) is 2.14. The molecule has 0 aliphatic rings. The lowest BCUT2D eigenvalue weighted by Crippen LogP contribution is -2.15. The van der Waals surface area contributed by atoms with Crippen molar-refractivity contribution in [2.24, 2.45) is 0 Å². The average molecular weight is 322 g/mol. The summed E-state index contributed by atoms with van der Waals surface area (Å²) in [6.07, 6.45) is 6.01. The highest BCUT2D eigenvalue weighted by Crippen LogP contribution is 2.13. The van der Waals surface area contributed by atoms with Crippen molar-refractivity contribution < 1.29 is 0 Å². The molecule has 0 atom stereocenters. The van der Waals surface area contributed by atoms with Crippen LogP contribution >= 0.6 is 15.9 Å². The predicted molar refractivity (Wildman–Crippen MR) is 82.3 cm³/mol. The first-order valence-electron chi connectivity index (χ1n) is 6.54. The Morgan fingerprint density at radius 1 is 1.21 bits per heavy atom. The van der Waals surface area contributed by atoms with Crippen molar-refractivity contribution in [1.29, 1.82) is 0 Å². The Bertz CT molecular complexity index is 502. The first-order valence-corrected chi connectivity index (χ1v) is 7.33. The second-order valence-corrected chi connectivity index (χ2v) is 5.91. The highest BCUT2D eigenvalue weighted by atomic mass is 79.9. The minimum atomic E-state index is 0.891. The zero-order chi connectivity index (χ0) is 13.7. The molecular weight excluding hydrogens is 302 g/mol. The van der Waals surface area contributed by atoms with E-state index < -0.39 is 0 Å². The molecule has 0 aliphatic heterocycles. The van der Waals surface area contributed by atoms with E-state index in [9.17, 15) is 0 Å². The maximum Gasteiger partial charge on any atom is 0.113 e. The number of halogens is 1. The molecule has 0 saturated heterocycles. The summed E-state index contributed by atoms with van der Waals surface area (Å²) in [5.74, 6) is 1.14. The van der Waals surface area contributed by atoms with Crippen LogP contribution in [-0.2, 0) is 13.0 Å². The number of nitrogens with zero attached hydrogens (tertiary/aromatic N) is 3. The smallest absolute Gasteiger partial charge is 0.113 e. The first-order chi connectivity index (χ1) is 9.15. The van der Waals surface area contributed by atoms with Gasteiger partial charge in [0.2, 0.25) is 0 Å². The Morgan fingerprint density at radius 2 is 1.95 bits per heavy atom. The fourth-order valence-corrected chi connectivity index (χ4v) is 2.32. The number of hydrogen-bond acceptors (Lipinski definition) is 2. The summed E-state index contributed by atoms with van der Waals surface area (Å²) >= 11 is 3.46. The van der Waals surface area contributed by atoms with E-state index >= 15 is 0 Å². The van der Waals surface area contributed by atoms with Crippen LogP contribution in [0, 0.1) is 0 Å². The third kappa shape index (κ3) is 4.48. The Hall–Kier alpha value is -1.13. The van der Waals surface area contributed by atoms with Crippen LogP contribution in [-0.4, -0.2) is 35.1 Å². The van der Waals surface area contributed by atoms with Crippen molar-refractivity contribution >= 4 is 15.9 Å². The normalized spacial score (nSPS) is 11.2. The fraction of sp³-hybridized carbons (Fsp3) is 0.400. The predicted octanol–water partition coefficient (Wildman–Crippen LogP) is 3.19. The number of benzene rings is 1. The summed E-state index contributed by atoms with van der Waals surface area (Å²) in [5.41, 5.74) is 1.29. The minimum Gasteiger partial charge on any atom is -0.335 e. The van der Waals surface area contributed by atoms with Gasteiger partial charge in [-0.05, 0) is 44.8 Å². The van der Waals surface area contributed by atoms with Gasteiger partial charge < -0.3 is 9.47 Å². The Balaban J connectivity index is 1.97. The van der Waals surface area contributed by atoms with Crippen LogP contribution in [0.3, 0.4) is 0 Å². The summed E-state index contributed by atoms with van der Waals surface area (Å²) in [7, 11) is 4.22. The lowest BCUT2D eigenvalue weighted by atomic mass is 10.1. The van der Waals surface area contributed by atoms with E-state index in [2.05, 4.69) is 74.9 Å². The zero-order valence-corrected chi connectivity index (χ0v) is 13.1. The third-order valence-electron chi connectivity index (χ3n) is 3.08. The standard InChI is InChI=1S/C15H20BrN3/c1-18(2)9-3-10-19-11-8-17-15(19)12-13-4-6-14(16)7-5-13/h4-8,11H,3,9-10,12H2,1-2H3. The summed E-state index contributed by atoms with van der Waals surface area (Å²) in [4.78, 5) is 6.68.